The van der Waals surface area contributed by atoms with Crippen molar-refractivity contribution in [2.24, 2.45) is 5.92 Å². The third-order valence-corrected chi connectivity index (χ3v) is 5.12. The molecular formula is C25H47N3O7. The Morgan fingerprint density at radius 3 is 1.80 bits per heavy atom. The molecular weight excluding hydrogens is 454 g/mol. The maximum absolute atomic E-state index is 11.8. The van der Waals surface area contributed by atoms with E-state index in [0.717, 1.165) is 37.8 Å². The van der Waals surface area contributed by atoms with Gasteiger partial charge in [-0.05, 0) is 46.1 Å². The van der Waals surface area contributed by atoms with Crippen LogP contribution in [0.4, 0.5) is 0 Å². The van der Waals surface area contributed by atoms with Crippen molar-refractivity contribution in [2.75, 3.05) is 79.5 Å². The monoisotopic (exact) mass is 501 g/mol. The molecule has 1 atom stereocenters. The van der Waals surface area contributed by atoms with E-state index in [0.29, 0.717) is 65.1 Å². The van der Waals surface area contributed by atoms with E-state index in [1.807, 2.05) is 14.0 Å². The molecule has 0 aliphatic heterocycles. The number of unbranched alkanes of at least 4 members (excludes halogenated alkanes) is 1. The number of carbonyl (C=O) groups is 3. The molecule has 0 aromatic heterocycles. The number of nitrogens with one attached hydrogen (secondary N) is 3. The molecule has 0 radical (unpaired) electrons. The third kappa shape index (κ3) is 23.7. The summed E-state index contributed by atoms with van der Waals surface area (Å²) in [6, 6.07) is 0. The Labute approximate surface area is 210 Å². The second kappa shape index (κ2) is 23.9. The molecule has 0 unspecified atom stereocenters. The molecule has 2 amide bonds. The summed E-state index contributed by atoms with van der Waals surface area (Å²) in [5.74, 6) is 0.207. The Morgan fingerprint density at radius 1 is 0.714 bits per heavy atom. The highest BCUT2D eigenvalue weighted by molar-refractivity contribution is 5.77. The average Bonchev–Trinajstić information content (AvgIpc) is 2.81. The van der Waals surface area contributed by atoms with Crippen molar-refractivity contribution in [3.63, 3.8) is 0 Å². The van der Waals surface area contributed by atoms with Crippen molar-refractivity contribution in [3.8, 4) is 0 Å². The third-order valence-electron chi connectivity index (χ3n) is 5.12. The number of ketones is 1. The van der Waals surface area contributed by atoms with Crippen LogP contribution >= 0.6 is 0 Å². The minimum atomic E-state index is -0.206. The molecule has 0 heterocycles. The smallest absolute Gasteiger partial charge is 0.246 e. The van der Waals surface area contributed by atoms with Crippen molar-refractivity contribution in [2.45, 2.75) is 46.0 Å². The number of hydrogen-bond acceptors (Lipinski definition) is 8. The largest absolute Gasteiger partial charge is 0.378 e. The van der Waals surface area contributed by atoms with Gasteiger partial charge >= 0.3 is 0 Å². The zero-order valence-corrected chi connectivity index (χ0v) is 22.0. The molecule has 0 bridgehead atoms. The predicted molar refractivity (Wildman–Crippen MR) is 135 cm³/mol. The molecule has 35 heavy (non-hydrogen) atoms. The van der Waals surface area contributed by atoms with Crippen LogP contribution in [0.25, 0.3) is 0 Å². The fraction of sp³-hybridized carbons (Fsp3) is 0.800. The lowest BCUT2D eigenvalue weighted by Crippen LogP contribution is -2.31. The van der Waals surface area contributed by atoms with Crippen LogP contribution in [0.1, 0.15) is 46.0 Å². The Morgan fingerprint density at radius 2 is 1.26 bits per heavy atom. The minimum Gasteiger partial charge on any atom is -0.378 e. The molecule has 0 saturated carbocycles. The highest BCUT2D eigenvalue weighted by Crippen LogP contribution is 2.21. The molecule has 0 aromatic carbocycles. The summed E-state index contributed by atoms with van der Waals surface area (Å²) in [5, 5.41) is 8.51. The van der Waals surface area contributed by atoms with Gasteiger partial charge in [0.05, 0.1) is 39.6 Å². The van der Waals surface area contributed by atoms with Crippen LogP contribution in [0, 0.1) is 5.92 Å². The number of ether oxygens (including phenoxy) is 4. The van der Waals surface area contributed by atoms with Gasteiger partial charge < -0.3 is 39.7 Å². The lowest BCUT2D eigenvalue weighted by Gasteiger charge is -2.16. The van der Waals surface area contributed by atoms with Crippen LogP contribution in [0.2, 0.25) is 0 Å². The molecule has 0 rings (SSSR count). The van der Waals surface area contributed by atoms with Crippen LogP contribution in [0.15, 0.2) is 12.2 Å². The van der Waals surface area contributed by atoms with E-state index in [1.54, 1.807) is 6.92 Å². The van der Waals surface area contributed by atoms with E-state index >= 15 is 0 Å². The van der Waals surface area contributed by atoms with Crippen LogP contribution in [0.5, 0.6) is 0 Å². The number of hydrogen-bond donors (Lipinski definition) is 3. The minimum absolute atomic E-state index is 0.0108. The van der Waals surface area contributed by atoms with Gasteiger partial charge in [0.1, 0.15) is 19.0 Å². The fourth-order valence-corrected chi connectivity index (χ4v) is 3.07. The summed E-state index contributed by atoms with van der Waals surface area (Å²) < 4.78 is 21.2. The summed E-state index contributed by atoms with van der Waals surface area (Å²) in [5.41, 5.74) is 1.11. The first kappa shape index (κ1) is 33.1. The standard InChI is InChI=1S/C25H47N3O7/c1-21(2)23(9-8-22(3)29)7-5-6-10-27-24(30)19-34-18-16-33-14-12-28-25(31)20-35-17-15-32-13-11-26-4/h23,26H,1,5-20H2,2-4H3,(H,27,30)(H,28,31)/t23-/m1/s1. The molecule has 0 saturated heterocycles. The van der Waals surface area contributed by atoms with Gasteiger partial charge in [-0.1, -0.05) is 18.6 Å². The fourth-order valence-electron chi connectivity index (χ4n) is 3.07. The Kier molecular flexibility index (Phi) is 22.6. The van der Waals surface area contributed by atoms with Crippen LogP contribution in [0.3, 0.4) is 0 Å². The van der Waals surface area contributed by atoms with Crippen LogP contribution in [-0.4, -0.2) is 97.1 Å². The quantitative estimate of drug-likeness (QED) is 0.126. The zero-order chi connectivity index (χ0) is 26.2. The number of likely N-dealkylation sites (N-methyl/N-ethyl adjacent to an activating group) is 1. The normalized spacial score (nSPS) is 11.7. The van der Waals surface area contributed by atoms with Crippen molar-refractivity contribution in [1.29, 1.82) is 0 Å². The van der Waals surface area contributed by atoms with Gasteiger partial charge in [-0.3, -0.25) is 9.59 Å². The number of carbonyl (C=O) groups excluding carboxylic acids is 3. The SMILES string of the molecule is C=C(C)[C@H](CCCCNC(=O)COCCOCCNC(=O)COCCOCCNC)CCC(C)=O. The lowest BCUT2D eigenvalue weighted by atomic mass is 9.90. The predicted octanol–water partition coefficient (Wildman–Crippen LogP) is 1.24. The highest BCUT2D eigenvalue weighted by Gasteiger charge is 2.10. The summed E-state index contributed by atoms with van der Waals surface area (Å²) in [4.78, 5) is 34.6. The maximum atomic E-state index is 11.8. The number of amides is 2. The van der Waals surface area contributed by atoms with Crippen molar-refractivity contribution < 1.29 is 33.3 Å². The van der Waals surface area contributed by atoms with Gasteiger partial charge in [-0.25, -0.2) is 0 Å². The molecule has 0 aromatic rings. The molecule has 204 valence electrons. The Balaban J connectivity index is 3.49. The van der Waals surface area contributed by atoms with Gasteiger partial charge in [-0.2, -0.15) is 0 Å². The molecule has 0 spiro atoms. The highest BCUT2D eigenvalue weighted by atomic mass is 16.5. The number of allylic oxidation sites excluding steroid dienone is 1. The average molecular weight is 502 g/mol. The van der Waals surface area contributed by atoms with Gasteiger partial charge in [-0.15, -0.1) is 0 Å². The summed E-state index contributed by atoms with van der Waals surface area (Å²) in [7, 11) is 1.85. The zero-order valence-electron chi connectivity index (χ0n) is 22.0. The van der Waals surface area contributed by atoms with E-state index in [4.69, 9.17) is 18.9 Å². The first-order chi connectivity index (χ1) is 16.9. The van der Waals surface area contributed by atoms with Gasteiger partial charge in [0, 0.05) is 26.1 Å². The van der Waals surface area contributed by atoms with E-state index in [2.05, 4.69) is 22.5 Å². The van der Waals surface area contributed by atoms with E-state index in [1.165, 1.54) is 0 Å². The van der Waals surface area contributed by atoms with Crippen LogP contribution in [-0.2, 0) is 33.3 Å². The van der Waals surface area contributed by atoms with E-state index in [-0.39, 0.29) is 30.8 Å². The number of rotatable bonds is 25. The van der Waals surface area contributed by atoms with E-state index < -0.39 is 0 Å². The summed E-state index contributed by atoms with van der Waals surface area (Å²) >= 11 is 0. The Bertz CT molecular complexity index is 587. The van der Waals surface area contributed by atoms with Gasteiger partial charge in [0.2, 0.25) is 11.8 Å². The maximum Gasteiger partial charge on any atom is 0.246 e. The van der Waals surface area contributed by atoms with Crippen molar-refractivity contribution >= 4 is 17.6 Å². The number of Topliss-reactive ketones (excluding diaryl/α,β-unsaturated/α-hetero) is 1. The van der Waals surface area contributed by atoms with Crippen molar-refractivity contribution in [1.82, 2.24) is 16.0 Å². The molecule has 0 fully saturated rings. The molecule has 0 aliphatic carbocycles. The molecule has 0 aliphatic rings. The summed E-state index contributed by atoms with van der Waals surface area (Å²) in [6.45, 7) is 11.8. The second-order valence-electron chi connectivity index (χ2n) is 8.41. The van der Waals surface area contributed by atoms with Crippen molar-refractivity contribution in [3.05, 3.63) is 12.2 Å². The topological polar surface area (TPSA) is 124 Å². The Hall–Kier alpha value is -1.85. The first-order valence-electron chi connectivity index (χ1n) is 12.5. The molecule has 3 N–H and O–H groups in total. The van der Waals surface area contributed by atoms with Crippen LogP contribution < -0.4 is 16.0 Å². The van der Waals surface area contributed by atoms with Gasteiger partial charge in [0.15, 0.2) is 0 Å². The van der Waals surface area contributed by atoms with E-state index in [9.17, 15) is 14.4 Å². The van der Waals surface area contributed by atoms with Gasteiger partial charge in [0.25, 0.3) is 0 Å². The second-order valence-corrected chi connectivity index (χ2v) is 8.41. The molecule has 10 nitrogen and oxygen atoms in total. The first-order valence-corrected chi connectivity index (χ1v) is 12.5. The lowest BCUT2D eigenvalue weighted by molar-refractivity contribution is -0.127. The summed E-state index contributed by atoms with van der Waals surface area (Å²) in [6.07, 6.45) is 4.26. The molecule has 10 heteroatoms.